The number of carbonyl (C=O) groups excluding carboxylic acids is 1. The second-order valence-corrected chi connectivity index (χ2v) is 14.3. The fourth-order valence-corrected chi connectivity index (χ4v) is 7.82. The summed E-state index contributed by atoms with van der Waals surface area (Å²) in [5.41, 5.74) is 7.45. The summed E-state index contributed by atoms with van der Waals surface area (Å²) in [7, 11) is -3.90. The predicted octanol–water partition coefficient (Wildman–Crippen LogP) is 8.97. The summed E-state index contributed by atoms with van der Waals surface area (Å²) in [4.78, 5) is 16.7. The van der Waals surface area contributed by atoms with Crippen molar-refractivity contribution >= 4 is 45.0 Å². The van der Waals surface area contributed by atoms with E-state index in [1.165, 1.54) is 36.8 Å². The van der Waals surface area contributed by atoms with Gasteiger partial charge in [0.1, 0.15) is 12.4 Å². The SMILES string of the molecule is CCCC(CCC)c1ccc(-c2ccc(Cc3nc(-c4ccc(Cl)cc4Cl)cn3-c3ccc(N4CC(=O)NS4(=O)=O)cc3)cc2)cc1. The van der Waals surface area contributed by atoms with Crippen LogP contribution in [-0.2, 0) is 21.4 Å². The number of nitrogens with one attached hydrogen (secondary N) is 1. The maximum Gasteiger partial charge on any atom is 0.326 e. The van der Waals surface area contributed by atoms with Crippen LogP contribution in [0.25, 0.3) is 28.1 Å². The lowest BCUT2D eigenvalue weighted by molar-refractivity contribution is -0.117. The second kappa shape index (κ2) is 13.9. The van der Waals surface area contributed by atoms with E-state index in [-0.39, 0.29) is 6.54 Å². The molecule has 1 saturated heterocycles. The summed E-state index contributed by atoms with van der Waals surface area (Å²) in [5.74, 6) is 0.828. The molecule has 1 aliphatic heterocycles. The first-order valence-electron chi connectivity index (χ1n) is 15.8. The molecular weight excluding hydrogens is 651 g/mol. The van der Waals surface area contributed by atoms with Crippen molar-refractivity contribution < 1.29 is 13.2 Å². The molecule has 0 aliphatic carbocycles. The molecule has 0 radical (unpaired) electrons. The first-order chi connectivity index (χ1) is 22.6. The quantitative estimate of drug-likeness (QED) is 0.150. The second-order valence-electron chi connectivity index (χ2n) is 11.9. The average molecular weight is 688 g/mol. The van der Waals surface area contributed by atoms with Crippen LogP contribution in [-0.4, -0.2) is 30.4 Å². The molecule has 1 aromatic heterocycles. The summed E-state index contributed by atoms with van der Waals surface area (Å²) in [5, 5.41) is 1.03. The van der Waals surface area contributed by atoms with Gasteiger partial charge in [-0.15, -0.1) is 0 Å². The minimum Gasteiger partial charge on any atom is -0.303 e. The molecule has 0 unspecified atom stereocenters. The van der Waals surface area contributed by atoms with Crippen molar-refractivity contribution in [3.8, 4) is 28.1 Å². The van der Waals surface area contributed by atoms with Gasteiger partial charge in [0.15, 0.2) is 0 Å². The van der Waals surface area contributed by atoms with E-state index in [0.29, 0.717) is 33.8 Å². The Balaban J connectivity index is 1.29. The first kappa shape index (κ1) is 32.8. The van der Waals surface area contributed by atoms with Crippen LogP contribution in [0.2, 0.25) is 10.0 Å². The topological polar surface area (TPSA) is 84.3 Å². The van der Waals surface area contributed by atoms with Gasteiger partial charge in [0.2, 0.25) is 0 Å². The fourth-order valence-electron chi connectivity index (χ4n) is 6.17. The van der Waals surface area contributed by atoms with Crippen molar-refractivity contribution in [3.05, 3.63) is 124 Å². The van der Waals surface area contributed by atoms with Crippen LogP contribution >= 0.6 is 23.2 Å². The van der Waals surface area contributed by atoms with Gasteiger partial charge < -0.3 is 4.57 Å². The molecule has 1 amide bonds. The van der Waals surface area contributed by atoms with E-state index in [4.69, 9.17) is 28.2 Å². The van der Waals surface area contributed by atoms with Crippen molar-refractivity contribution in [2.24, 2.45) is 0 Å². The van der Waals surface area contributed by atoms with Gasteiger partial charge in [0.05, 0.1) is 16.4 Å². The van der Waals surface area contributed by atoms with Crippen molar-refractivity contribution in [3.63, 3.8) is 0 Å². The van der Waals surface area contributed by atoms with Crippen molar-refractivity contribution in [1.82, 2.24) is 14.3 Å². The molecule has 1 fully saturated rings. The maximum absolute atomic E-state index is 12.4. The Bertz CT molecular complexity index is 1990. The van der Waals surface area contributed by atoms with Crippen LogP contribution in [0, 0.1) is 0 Å². The van der Waals surface area contributed by atoms with Gasteiger partial charge in [-0.2, -0.15) is 8.42 Å². The number of halogens is 2. The van der Waals surface area contributed by atoms with Crippen LogP contribution < -0.4 is 9.03 Å². The van der Waals surface area contributed by atoms with Crippen molar-refractivity contribution in [2.45, 2.75) is 51.9 Å². The molecule has 0 bridgehead atoms. The Hall–Kier alpha value is -4.11. The summed E-state index contributed by atoms with van der Waals surface area (Å²) in [6, 6.07) is 29.8. The Labute approximate surface area is 286 Å². The van der Waals surface area contributed by atoms with Gasteiger partial charge in [-0.1, -0.05) is 98.4 Å². The van der Waals surface area contributed by atoms with Gasteiger partial charge in [0, 0.05) is 28.9 Å². The molecule has 0 atom stereocenters. The highest BCUT2D eigenvalue weighted by molar-refractivity contribution is 7.92. The molecule has 0 spiro atoms. The molecule has 1 aliphatic rings. The lowest BCUT2D eigenvalue weighted by atomic mass is 9.89. The summed E-state index contributed by atoms with van der Waals surface area (Å²) in [6.45, 7) is 4.25. The van der Waals surface area contributed by atoms with Gasteiger partial charge in [-0.3, -0.25) is 4.79 Å². The Morgan fingerprint density at radius 2 is 1.45 bits per heavy atom. The number of carbonyl (C=O) groups is 1. The number of amides is 1. The number of hydrogen-bond acceptors (Lipinski definition) is 4. The molecule has 6 rings (SSSR count). The smallest absolute Gasteiger partial charge is 0.303 e. The zero-order valence-corrected chi connectivity index (χ0v) is 28.6. The van der Waals surface area contributed by atoms with E-state index >= 15 is 0 Å². The Kier molecular flexibility index (Phi) is 9.73. The molecule has 2 heterocycles. The van der Waals surface area contributed by atoms with Gasteiger partial charge in [-0.25, -0.2) is 14.0 Å². The van der Waals surface area contributed by atoms with Crippen LogP contribution in [0.1, 0.15) is 62.4 Å². The number of nitrogens with zero attached hydrogens (tertiary/aromatic N) is 3. The van der Waals surface area contributed by atoms with Crippen molar-refractivity contribution in [1.29, 1.82) is 0 Å². The predicted molar refractivity (Wildman–Crippen MR) is 191 cm³/mol. The van der Waals surface area contributed by atoms with Gasteiger partial charge >= 0.3 is 10.2 Å². The highest BCUT2D eigenvalue weighted by atomic mass is 35.5. The molecule has 1 N–H and O–H groups in total. The number of benzene rings is 4. The Morgan fingerprint density at radius 1 is 0.830 bits per heavy atom. The van der Waals surface area contributed by atoms with E-state index in [0.717, 1.165) is 32.5 Å². The molecule has 7 nitrogen and oxygen atoms in total. The molecule has 0 saturated carbocycles. The molecule has 10 heteroatoms. The van der Waals surface area contributed by atoms with Crippen LogP contribution in [0.4, 0.5) is 5.69 Å². The molecule has 242 valence electrons. The van der Waals surface area contributed by atoms with Crippen LogP contribution in [0.15, 0.2) is 97.2 Å². The van der Waals surface area contributed by atoms with E-state index in [1.54, 1.807) is 24.3 Å². The largest absolute Gasteiger partial charge is 0.326 e. The molecule has 4 aromatic carbocycles. The average Bonchev–Trinajstić information content (AvgIpc) is 3.59. The normalized spacial score (nSPS) is 14.1. The minimum atomic E-state index is -3.90. The molecule has 47 heavy (non-hydrogen) atoms. The standard InChI is InChI=1S/C37H36Cl2N4O3S/c1-3-5-26(6-4-2)28-11-13-29(14-12-28)27-9-7-25(8-10-27)21-36-40-35(33-20-15-30(38)22-34(33)39)23-42(36)31-16-18-32(19-17-31)43-24-37(44)41-47(43,45)46/h7-20,22-23,26H,3-6,21,24H2,1-2H3,(H,41,44). The number of imidazole rings is 1. The third kappa shape index (κ3) is 7.25. The van der Waals surface area contributed by atoms with Crippen LogP contribution in [0.3, 0.4) is 0 Å². The number of hydrogen-bond donors (Lipinski definition) is 1. The van der Waals surface area contributed by atoms with E-state index < -0.39 is 16.1 Å². The third-order valence-corrected chi connectivity index (χ3v) is 10.5. The van der Waals surface area contributed by atoms with E-state index in [1.807, 2.05) is 33.7 Å². The Morgan fingerprint density at radius 3 is 2.02 bits per heavy atom. The highest BCUT2D eigenvalue weighted by Gasteiger charge is 2.34. The zero-order valence-electron chi connectivity index (χ0n) is 26.3. The molecular formula is C37H36Cl2N4O3S. The fraction of sp³-hybridized carbons (Fsp3) is 0.243. The van der Waals surface area contributed by atoms with Gasteiger partial charge in [0.25, 0.3) is 5.91 Å². The van der Waals surface area contributed by atoms with Gasteiger partial charge in [-0.05, 0) is 83.5 Å². The highest BCUT2D eigenvalue weighted by Crippen LogP contribution is 2.33. The van der Waals surface area contributed by atoms with E-state index in [2.05, 4.69) is 62.4 Å². The summed E-state index contributed by atoms with van der Waals surface area (Å²) >= 11 is 12.7. The number of rotatable bonds is 11. The van der Waals surface area contributed by atoms with Crippen molar-refractivity contribution in [2.75, 3.05) is 10.8 Å². The lowest BCUT2D eigenvalue weighted by Crippen LogP contribution is -2.29. The zero-order chi connectivity index (χ0) is 33.1. The summed E-state index contributed by atoms with van der Waals surface area (Å²) < 4.78 is 29.8. The van der Waals surface area contributed by atoms with E-state index in [9.17, 15) is 13.2 Å². The maximum atomic E-state index is 12.4. The summed E-state index contributed by atoms with van der Waals surface area (Å²) in [6.07, 6.45) is 7.26. The number of aromatic nitrogens is 2. The number of anilines is 1. The monoisotopic (exact) mass is 686 g/mol. The first-order valence-corrected chi connectivity index (χ1v) is 18.0. The lowest BCUT2D eigenvalue weighted by Gasteiger charge is -2.16. The van der Waals surface area contributed by atoms with Crippen LogP contribution in [0.5, 0.6) is 0 Å². The minimum absolute atomic E-state index is 0.254. The third-order valence-electron chi connectivity index (χ3n) is 8.53. The molecule has 5 aromatic rings.